The highest BCUT2D eigenvalue weighted by Gasteiger charge is 2.16. The van der Waals surface area contributed by atoms with Crippen LogP contribution in [0.25, 0.3) is 0 Å². The highest BCUT2D eigenvalue weighted by Crippen LogP contribution is 2.31. The second kappa shape index (κ2) is 8.68. The summed E-state index contributed by atoms with van der Waals surface area (Å²) < 4.78 is 15.8. The minimum atomic E-state index is -0.340. The minimum Gasteiger partial charge on any atom is -0.486 e. The average molecular weight is 385 g/mol. The molecule has 1 aliphatic heterocycles. The van der Waals surface area contributed by atoms with E-state index in [-0.39, 0.29) is 30.7 Å². The number of fused-ring (bicyclic) bond motifs is 1. The molecule has 0 saturated heterocycles. The number of nitrogens with one attached hydrogen (secondary N) is 1. The molecule has 1 amide bonds. The van der Waals surface area contributed by atoms with Crippen molar-refractivity contribution in [2.45, 2.75) is 13.3 Å². The molecule has 0 aliphatic carbocycles. The summed E-state index contributed by atoms with van der Waals surface area (Å²) in [5.74, 6) is 0.538. The van der Waals surface area contributed by atoms with Crippen molar-refractivity contribution < 1.29 is 23.8 Å². The predicted octanol–water partition coefficient (Wildman–Crippen LogP) is 2.69. The molecule has 0 bridgehead atoms. The molecule has 3 rings (SSSR count). The number of carbonyl (C=O) groups excluding carboxylic acids is 2. The molecule has 2 aromatic rings. The largest absolute Gasteiger partial charge is 0.486 e. The summed E-state index contributed by atoms with van der Waals surface area (Å²) in [6.45, 7) is 3.04. The highest BCUT2D eigenvalue weighted by atomic mass is 35.5. The first kappa shape index (κ1) is 19.0. The molecule has 7 nitrogen and oxygen atoms in total. The van der Waals surface area contributed by atoms with Crippen LogP contribution in [0.3, 0.4) is 0 Å². The van der Waals surface area contributed by atoms with E-state index in [0.29, 0.717) is 47.7 Å². The number of esters is 1. The average Bonchev–Trinajstić information content (AvgIpc) is 3.01. The maximum absolute atomic E-state index is 12.3. The minimum absolute atomic E-state index is 0. The van der Waals surface area contributed by atoms with E-state index in [1.807, 2.05) is 0 Å². The summed E-state index contributed by atoms with van der Waals surface area (Å²) in [6.07, 6.45) is 0.0875. The molecule has 1 aromatic heterocycles. The number of rotatable bonds is 5. The SMILES string of the molecule is CCOC(=O)Cc1csc(NC(=O)c2ccc3c(c2)OCCO3)n1.Cl. The molecule has 0 unspecified atom stereocenters. The molecule has 1 aliphatic rings. The molecule has 0 fully saturated rings. The van der Waals surface area contributed by atoms with Crippen LogP contribution in [-0.4, -0.2) is 36.7 Å². The van der Waals surface area contributed by atoms with Gasteiger partial charge in [-0.15, -0.1) is 23.7 Å². The Morgan fingerprint density at radius 3 is 2.80 bits per heavy atom. The number of anilines is 1. The van der Waals surface area contributed by atoms with Crippen molar-refractivity contribution in [3.05, 3.63) is 34.8 Å². The molecule has 134 valence electrons. The first-order valence-electron chi connectivity index (χ1n) is 7.46. The zero-order valence-electron chi connectivity index (χ0n) is 13.4. The standard InChI is InChI=1S/C16H16N2O5S.ClH/c1-2-21-14(19)8-11-9-24-16(17-11)18-15(20)10-3-4-12-13(7-10)23-6-5-22-12;/h3-4,7,9H,2,5-6,8H2,1H3,(H,17,18,20);1H. The Balaban J connectivity index is 0.00000225. The van der Waals surface area contributed by atoms with Crippen LogP contribution < -0.4 is 14.8 Å². The van der Waals surface area contributed by atoms with Gasteiger partial charge in [0.05, 0.1) is 18.7 Å². The third-order valence-corrected chi connectivity index (χ3v) is 4.01. The number of halogens is 1. The van der Waals surface area contributed by atoms with Gasteiger partial charge >= 0.3 is 5.97 Å². The van der Waals surface area contributed by atoms with Gasteiger partial charge in [0.15, 0.2) is 16.6 Å². The lowest BCUT2D eigenvalue weighted by molar-refractivity contribution is -0.142. The van der Waals surface area contributed by atoms with Gasteiger partial charge in [0.2, 0.25) is 0 Å². The van der Waals surface area contributed by atoms with Crippen molar-refractivity contribution in [2.75, 3.05) is 25.1 Å². The molecule has 2 heterocycles. The van der Waals surface area contributed by atoms with Gasteiger partial charge in [-0.2, -0.15) is 0 Å². The lowest BCUT2D eigenvalue weighted by Crippen LogP contribution is -2.17. The number of nitrogens with zero attached hydrogens (tertiary/aromatic N) is 1. The topological polar surface area (TPSA) is 86.8 Å². The quantitative estimate of drug-likeness (QED) is 0.797. The molecule has 0 spiro atoms. The van der Waals surface area contributed by atoms with Crippen molar-refractivity contribution in [1.82, 2.24) is 4.98 Å². The molecular weight excluding hydrogens is 368 g/mol. The van der Waals surface area contributed by atoms with Crippen LogP contribution in [0.15, 0.2) is 23.6 Å². The van der Waals surface area contributed by atoms with E-state index in [0.717, 1.165) is 0 Å². The smallest absolute Gasteiger partial charge is 0.311 e. The molecule has 0 saturated carbocycles. The van der Waals surface area contributed by atoms with Crippen molar-refractivity contribution >= 4 is 40.8 Å². The molecule has 9 heteroatoms. The second-order valence-corrected chi connectivity index (χ2v) is 5.80. The Labute approximate surface area is 154 Å². The van der Waals surface area contributed by atoms with Gasteiger partial charge in [0.1, 0.15) is 13.2 Å². The fourth-order valence-corrected chi connectivity index (χ4v) is 2.86. The summed E-state index contributed by atoms with van der Waals surface area (Å²) in [4.78, 5) is 27.9. The van der Waals surface area contributed by atoms with E-state index < -0.39 is 0 Å². The van der Waals surface area contributed by atoms with Crippen molar-refractivity contribution in [3.63, 3.8) is 0 Å². The molecule has 1 N–H and O–H groups in total. The van der Waals surface area contributed by atoms with Gasteiger partial charge in [-0.25, -0.2) is 4.98 Å². The van der Waals surface area contributed by atoms with E-state index in [4.69, 9.17) is 14.2 Å². The number of benzene rings is 1. The van der Waals surface area contributed by atoms with Crippen LogP contribution in [0.4, 0.5) is 5.13 Å². The Kier molecular flexibility index (Phi) is 6.60. The van der Waals surface area contributed by atoms with Crippen molar-refractivity contribution in [2.24, 2.45) is 0 Å². The summed E-state index contributed by atoms with van der Waals surface area (Å²) in [5.41, 5.74) is 1.01. The number of amides is 1. The Morgan fingerprint density at radius 1 is 1.28 bits per heavy atom. The van der Waals surface area contributed by atoms with E-state index >= 15 is 0 Å². The number of hydrogen-bond acceptors (Lipinski definition) is 7. The number of ether oxygens (including phenoxy) is 3. The maximum atomic E-state index is 12.3. The van der Waals surface area contributed by atoms with Gasteiger partial charge < -0.3 is 14.2 Å². The number of thiazole rings is 1. The van der Waals surface area contributed by atoms with E-state index in [2.05, 4.69) is 10.3 Å². The van der Waals surface area contributed by atoms with Gasteiger partial charge in [0.25, 0.3) is 5.91 Å². The van der Waals surface area contributed by atoms with Gasteiger partial charge in [-0.05, 0) is 25.1 Å². The zero-order chi connectivity index (χ0) is 16.9. The van der Waals surface area contributed by atoms with Crippen LogP contribution in [0.1, 0.15) is 23.0 Å². The second-order valence-electron chi connectivity index (χ2n) is 4.94. The molecule has 1 aromatic carbocycles. The summed E-state index contributed by atoms with van der Waals surface area (Å²) in [7, 11) is 0. The monoisotopic (exact) mass is 384 g/mol. The van der Waals surface area contributed by atoms with Gasteiger partial charge in [-0.3, -0.25) is 14.9 Å². The summed E-state index contributed by atoms with van der Waals surface area (Å²) in [5, 5.41) is 4.85. The lowest BCUT2D eigenvalue weighted by Gasteiger charge is -2.18. The molecular formula is C16H17ClN2O5S. The zero-order valence-corrected chi connectivity index (χ0v) is 15.1. The van der Waals surface area contributed by atoms with Crippen molar-refractivity contribution in [1.29, 1.82) is 0 Å². The third-order valence-electron chi connectivity index (χ3n) is 3.21. The molecule has 25 heavy (non-hydrogen) atoms. The number of aromatic nitrogens is 1. The van der Waals surface area contributed by atoms with Crippen LogP contribution in [0, 0.1) is 0 Å². The highest BCUT2D eigenvalue weighted by molar-refractivity contribution is 7.14. The van der Waals surface area contributed by atoms with Crippen LogP contribution in [0.5, 0.6) is 11.5 Å². The van der Waals surface area contributed by atoms with E-state index in [1.54, 1.807) is 30.5 Å². The summed E-state index contributed by atoms with van der Waals surface area (Å²) in [6, 6.07) is 5.00. The normalized spacial score (nSPS) is 12.0. The van der Waals surface area contributed by atoms with Crippen LogP contribution in [-0.2, 0) is 16.0 Å². The Morgan fingerprint density at radius 2 is 2.04 bits per heavy atom. The first-order chi connectivity index (χ1) is 11.7. The van der Waals surface area contributed by atoms with E-state index in [1.165, 1.54) is 11.3 Å². The van der Waals surface area contributed by atoms with Gasteiger partial charge in [0, 0.05) is 10.9 Å². The Bertz CT molecular complexity index is 765. The molecule has 0 atom stereocenters. The lowest BCUT2D eigenvalue weighted by atomic mass is 10.2. The van der Waals surface area contributed by atoms with Crippen LogP contribution in [0.2, 0.25) is 0 Å². The fraction of sp³-hybridized carbons (Fsp3) is 0.312. The number of hydrogen-bond donors (Lipinski definition) is 1. The van der Waals surface area contributed by atoms with Crippen molar-refractivity contribution in [3.8, 4) is 11.5 Å². The number of carbonyl (C=O) groups is 2. The fourth-order valence-electron chi connectivity index (χ4n) is 2.16. The van der Waals surface area contributed by atoms with Crippen LogP contribution >= 0.6 is 23.7 Å². The first-order valence-corrected chi connectivity index (χ1v) is 8.34. The maximum Gasteiger partial charge on any atom is 0.311 e. The van der Waals surface area contributed by atoms with Gasteiger partial charge in [-0.1, -0.05) is 0 Å². The molecule has 0 radical (unpaired) electrons. The third kappa shape index (κ3) is 4.83. The Hall–Kier alpha value is -2.32. The van der Waals surface area contributed by atoms with E-state index in [9.17, 15) is 9.59 Å². The summed E-state index contributed by atoms with van der Waals surface area (Å²) >= 11 is 1.25. The predicted molar refractivity (Wildman–Crippen MR) is 95.1 cm³/mol.